The maximum Gasteiger partial charge on any atom is 0.264 e. The Bertz CT molecular complexity index is 1340. The van der Waals surface area contributed by atoms with Crippen molar-refractivity contribution in [1.82, 2.24) is 5.32 Å². The first-order valence-corrected chi connectivity index (χ1v) is 11.9. The Morgan fingerprint density at radius 3 is 2.68 bits per heavy atom. The third-order valence-electron chi connectivity index (χ3n) is 4.97. The van der Waals surface area contributed by atoms with Crippen LogP contribution < -0.4 is 14.8 Å². The van der Waals surface area contributed by atoms with E-state index in [4.69, 9.17) is 9.47 Å². The number of carbonyl (C=O) groups excluding carboxylic acids is 1. The molecule has 170 valence electrons. The second-order valence-electron chi connectivity index (χ2n) is 7.41. The number of hydrogen-bond donors (Lipinski definition) is 1. The summed E-state index contributed by atoms with van der Waals surface area (Å²) in [4.78, 5) is 17.5. The van der Waals surface area contributed by atoms with E-state index in [0.29, 0.717) is 31.6 Å². The van der Waals surface area contributed by atoms with Gasteiger partial charge in [0.1, 0.15) is 6.61 Å². The molecule has 0 saturated carbocycles. The first-order chi connectivity index (χ1) is 16.5. The largest absolute Gasteiger partial charge is 0.493 e. The molecule has 8 heteroatoms. The molecule has 0 aliphatic carbocycles. The number of amidine groups is 1. The van der Waals surface area contributed by atoms with Crippen molar-refractivity contribution in [1.29, 1.82) is 5.26 Å². The van der Waals surface area contributed by atoms with Gasteiger partial charge >= 0.3 is 0 Å². The molecule has 3 aromatic carbocycles. The monoisotopic (exact) mass is 533 g/mol. The standard InChI is InChI=1S/C26H20BrN3O3S/c1-16-7-9-20(10-8-16)29-26-30-25(31)23(34-26)13-17-11-21(27)24(22(12-17)32-2)33-15-19-6-4-3-5-18(19)14-28/h3-13H,15H2,1-2H3,(H,29,30,31)/b23-13+. The third-order valence-corrected chi connectivity index (χ3v) is 6.47. The molecular weight excluding hydrogens is 514 g/mol. The van der Waals surface area contributed by atoms with Gasteiger partial charge < -0.3 is 14.8 Å². The second kappa shape index (κ2) is 10.6. The number of thioether (sulfide) groups is 1. The summed E-state index contributed by atoms with van der Waals surface area (Å²) in [6.07, 6.45) is 1.78. The zero-order valence-electron chi connectivity index (χ0n) is 18.5. The molecule has 0 unspecified atom stereocenters. The molecule has 0 aromatic heterocycles. The van der Waals surface area contributed by atoms with Crippen LogP contribution in [-0.2, 0) is 11.4 Å². The Hall–Kier alpha value is -3.54. The summed E-state index contributed by atoms with van der Waals surface area (Å²) < 4.78 is 12.2. The van der Waals surface area contributed by atoms with Crippen LogP contribution in [0, 0.1) is 18.3 Å². The van der Waals surface area contributed by atoms with Gasteiger partial charge in [0.05, 0.1) is 33.8 Å². The molecule has 1 aliphatic heterocycles. The Morgan fingerprint density at radius 1 is 1.18 bits per heavy atom. The van der Waals surface area contributed by atoms with Crippen molar-refractivity contribution in [2.24, 2.45) is 4.99 Å². The maximum atomic E-state index is 12.5. The number of halogens is 1. The van der Waals surface area contributed by atoms with Crippen LogP contribution in [0.15, 0.2) is 75.0 Å². The summed E-state index contributed by atoms with van der Waals surface area (Å²) in [6.45, 7) is 2.23. The summed E-state index contributed by atoms with van der Waals surface area (Å²) in [5.41, 5.74) is 4.03. The molecule has 1 aliphatic rings. The fourth-order valence-electron chi connectivity index (χ4n) is 3.24. The van der Waals surface area contributed by atoms with Crippen LogP contribution in [0.1, 0.15) is 22.3 Å². The van der Waals surface area contributed by atoms with E-state index < -0.39 is 0 Å². The van der Waals surface area contributed by atoms with Gasteiger partial charge in [0.15, 0.2) is 16.7 Å². The summed E-state index contributed by atoms with van der Waals surface area (Å²) in [7, 11) is 1.55. The second-order valence-corrected chi connectivity index (χ2v) is 9.29. The highest BCUT2D eigenvalue weighted by Crippen LogP contribution is 2.39. The highest BCUT2D eigenvalue weighted by atomic mass is 79.9. The highest BCUT2D eigenvalue weighted by molar-refractivity contribution is 9.10. The number of nitrogens with one attached hydrogen (secondary N) is 1. The number of aliphatic imine (C=N–C) groups is 1. The maximum absolute atomic E-state index is 12.5. The predicted molar refractivity (Wildman–Crippen MR) is 138 cm³/mol. The normalized spacial score (nSPS) is 15.3. The number of rotatable bonds is 6. The van der Waals surface area contributed by atoms with Gasteiger partial charge in [-0.1, -0.05) is 35.9 Å². The van der Waals surface area contributed by atoms with E-state index in [1.807, 2.05) is 55.5 Å². The van der Waals surface area contributed by atoms with E-state index in [9.17, 15) is 10.1 Å². The zero-order chi connectivity index (χ0) is 24.1. The van der Waals surface area contributed by atoms with Gasteiger partial charge in [-0.2, -0.15) is 5.26 Å². The fourth-order valence-corrected chi connectivity index (χ4v) is 4.65. The summed E-state index contributed by atoms with van der Waals surface area (Å²) in [5, 5.41) is 12.6. The molecule has 1 fully saturated rings. The Morgan fingerprint density at radius 2 is 1.94 bits per heavy atom. The number of carbonyl (C=O) groups is 1. The van der Waals surface area contributed by atoms with Crippen LogP contribution in [0.3, 0.4) is 0 Å². The molecule has 0 atom stereocenters. The van der Waals surface area contributed by atoms with Gasteiger partial charge in [-0.25, -0.2) is 4.99 Å². The molecule has 34 heavy (non-hydrogen) atoms. The van der Waals surface area contributed by atoms with Crippen LogP contribution in [0.5, 0.6) is 11.5 Å². The van der Waals surface area contributed by atoms with E-state index in [2.05, 4.69) is 32.3 Å². The molecule has 0 spiro atoms. The van der Waals surface area contributed by atoms with Crippen molar-refractivity contribution in [3.05, 3.63) is 92.3 Å². The van der Waals surface area contributed by atoms with Gasteiger partial charge in [-0.05, 0) is 76.6 Å². The first kappa shape index (κ1) is 23.6. The molecule has 1 amide bonds. The minimum atomic E-state index is -0.209. The van der Waals surface area contributed by atoms with Crippen LogP contribution >= 0.6 is 27.7 Å². The van der Waals surface area contributed by atoms with E-state index in [-0.39, 0.29) is 12.5 Å². The number of nitriles is 1. The van der Waals surface area contributed by atoms with Crippen molar-refractivity contribution < 1.29 is 14.3 Å². The van der Waals surface area contributed by atoms with Gasteiger partial charge in [-0.15, -0.1) is 0 Å². The van der Waals surface area contributed by atoms with E-state index in [0.717, 1.165) is 22.4 Å². The lowest BCUT2D eigenvalue weighted by Crippen LogP contribution is -2.19. The summed E-state index contributed by atoms with van der Waals surface area (Å²) >= 11 is 4.82. The highest BCUT2D eigenvalue weighted by Gasteiger charge is 2.24. The summed E-state index contributed by atoms with van der Waals surface area (Å²) in [6, 6.07) is 20.9. The van der Waals surface area contributed by atoms with Gasteiger partial charge in [0.2, 0.25) is 0 Å². The smallest absolute Gasteiger partial charge is 0.264 e. The van der Waals surface area contributed by atoms with Crippen molar-refractivity contribution in [2.75, 3.05) is 7.11 Å². The molecule has 1 saturated heterocycles. The average Bonchev–Trinajstić information content (AvgIpc) is 3.18. The lowest BCUT2D eigenvalue weighted by Gasteiger charge is -2.14. The van der Waals surface area contributed by atoms with E-state index >= 15 is 0 Å². The number of ether oxygens (including phenoxy) is 2. The topological polar surface area (TPSA) is 83.7 Å². The first-order valence-electron chi connectivity index (χ1n) is 10.3. The quantitative estimate of drug-likeness (QED) is 0.386. The van der Waals surface area contributed by atoms with Crippen molar-refractivity contribution >= 4 is 50.5 Å². The molecule has 1 N–H and O–H groups in total. The Labute approximate surface area is 210 Å². The number of methoxy groups -OCH3 is 1. The van der Waals surface area contributed by atoms with Gasteiger partial charge in [0, 0.05) is 5.56 Å². The van der Waals surface area contributed by atoms with E-state index in [1.54, 1.807) is 25.3 Å². The van der Waals surface area contributed by atoms with Crippen LogP contribution in [0.2, 0.25) is 0 Å². The minimum Gasteiger partial charge on any atom is -0.493 e. The number of hydrogen-bond acceptors (Lipinski definition) is 6. The Balaban J connectivity index is 1.54. The molecule has 0 radical (unpaired) electrons. The molecular formula is C26H20BrN3O3S. The van der Waals surface area contributed by atoms with E-state index in [1.165, 1.54) is 11.8 Å². The molecule has 6 nitrogen and oxygen atoms in total. The molecule has 1 heterocycles. The number of nitrogens with zero attached hydrogens (tertiary/aromatic N) is 2. The fraction of sp³-hybridized carbons (Fsp3) is 0.115. The Kier molecular flexibility index (Phi) is 7.36. The van der Waals surface area contributed by atoms with Crippen LogP contribution in [0.25, 0.3) is 6.08 Å². The number of aryl methyl sites for hydroxylation is 1. The molecule has 0 bridgehead atoms. The van der Waals surface area contributed by atoms with Crippen LogP contribution in [-0.4, -0.2) is 18.2 Å². The molecule has 3 aromatic rings. The van der Waals surface area contributed by atoms with Gasteiger partial charge in [-0.3, -0.25) is 4.79 Å². The van der Waals surface area contributed by atoms with Crippen molar-refractivity contribution in [2.45, 2.75) is 13.5 Å². The lowest BCUT2D eigenvalue weighted by atomic mass is 10.1. The van der Waals surface area contributed by atoms with Gasteiger partial charge in [0.25, 0.3) is 5.91 Å². The number of benzene rings is 3. The SMILES string of the molecule is COc1cc(/C=C2/SC(=Nc3ccc(C)cc3)NC2=O)cc(Br)c1OCc1ccccc1C#N. The summed E-state index contributed by atoms with van der Waals surface area (Å²) in [5.74, 6) is 0.814. The van der Waals surface area contributed by atoms with Crippen molar-refractivity contribution in [3.63, 3.8) is 0 Å². The number of amides is 1. The third kappa shape index (κ3) is 5.50. The van der Waals surface area contributed by atoms with Crippen molar-refractivity contribution in [3.8, 4) is 17.6 Å². The zero-order valence-corrected chi connectivity index (χ0v) is 20.9. The molecule has 4 rings (SSSR count). The predicted octanol–water partition coefficient (Wildman–Crippen LogP) is 6.11. The van der Waals surface area contributed by atoms with Crippen LogP contribution in [0.4, 0.5) is 5.69 Å². The minimum absolute atomic E-state index is 0.209. The average molecular weight is 534 g/mol. The lowest BCUT2D eigenvalue weighted by molar-refractivity contribution is -0.115.